The van der Waals surface area contributed by atoms with Crippen molar-refractivity contribution in [3.8, 4) is 0 Å². The second-order valence-electron chi connectivity index (χ2n) is 3.81. The number of benzene rings is 1. The Morgan fingerprint density at radius 2 is 2.11 bits per heavy atom. The maximum absolute atomic E-state index is 11.7. The lowest BCUT2D eigenvalue weighted by atomic mass is 10.4. The first-order valence-corrected chi connectivity index (χ1v) is 7.88. The predicted octanol–water partition coefficient (Wildman–Crippen LogP) is 3.22. The molecule has 0 spiro atoms. The van der Waals surface area contributed by atoms with Gasteiger partial charge in [0.25, 0.3) is 0 Å². The normalized spacial score (nSPS) is 10.4. The minimum absolute atomic E-state index is 0.0118. The van der Waals surface area contributed by atoms with Crippen LogP contribution in [0.15, 0.2) is 35.2 Å². The molecule has 1 N–H and O–H groups in total. The Balaban J connectivity index is 1.73. The van der Waals surface area contributed by atoms with Crippen LogP contribution in [-0.4, -0.2) is 21.9 Å². The van der Waals surface area contributed by atoms with Crippen molar-refractivity contribution in [2.45, 2.75) is 24.7 Å². The van der Waals surface area contributed by atoms with E-state index in [2.05, 4.69) is 15.5 Å². The lowest BCUT2D eigenvalue weighted by molar-refractivity contribution is -0.115. The van der Waals surface area contributed by atoms with Crippen LogP contribution in [0.2, 0.25) is 0 Å². The maximum Gasteiger partial charge on any atom is 0.227 e. The van der Waals surface area contributed by atoms with Crippen molar-refractivity contribution in [3.63, 3.8) is 0 Å². The fourth-order valence-electron chi connectivity index (χ4n) is 1.41. The SMILES string of the molecule is CCc1nnc(NC(=O)CCSc2ccccc2)s1. The van der Waals surface area contributed by atoms with Crippen molar-refractivity contribution in [1.82, 2.24) is 10.2 Å². The first-order chi connectivity index (χ1) is 9.28. The molecule has 2 aromatic rings. The molecule has 4 nitrogen and oxygen atoms in total. The highest BCUT2D eigenvalue weighted by Gasteiger charge is 2.07. The highest BCUT2D eigenvalue weighted by Crippen LogP contribution is 2.19. The Kier molecular flexibility index (Phi) is 5.35. The van der Waals surface area contributed by atoms with E-state index in [4.69, 9.17) is 0 Å². The monoisotopic (exact) mass is 293 g/mol. The number of nitrogens with one attached hydrogen (secondary N) is 1. The number of hydrogen-bond donors (Lipinski definition) is 1. The van der Waals surface area contributed by atoms with Crippen LogP contribution in [0.1, 0.15) is 18.4 Å². The highest BCUT2D eigenvalue weighted by atomic mass is 32.2. The smallest absolute Gasteiger partial charge is 0.227 e. The second-order valence-corrected chi connectivity index (χ2v) is 6.04. The summed E-state index contributed by atoms with van der Waals surface area (Å²) in [5, 5.41) is 12.2. The molecule has 0 aliphatic carbocycles. The molecule has 100 valence electrons. The number of aryl methyl sites for hydroxylation is 1. The van der Waals surface area contributed by atoms with Gasteiger partial charge in [-0.2, -0.15) is 0 Å². The van der Waals surface area contributed by atoms with Crippen LogP contribution in [0.5, 0.6) is 0 Å². The first kappa shape index (κ1) is 14.0. The van der Waals surface area contributed by atoms with Crippen LogP contribution >= 0.6 is 23.1 Å². The van der Waals surface area contributed by atoms with E-state index in [0.717, 1.165) is 17.2 Å². The molecule has 0 atom stereocenters. The molecule has 0 bridgehead atoms. The minimum atomic E-state index is -0.0118. The van der Waals surface area contributed by atoms with Crippen LogP contribution in [0, 0.1) is 0 Å². The fourth-order valence-corrected chi connectivity index (χ4v) is 2.98. The molecule has 1 aromatic carbocycles. The van der Waals surface area contributed by atoms with Crippen molar-refractivity contribution in [2.75, 3.05) is 11.1 Å². The van der Waals surface area contributed by atoms with Gasteiger partial charge in [-0.25, -0.2) is 0 Å². The summed E-state index contributed by atoms with van der Waals surface area (Å²) >= 11 is 3.11. The Bertz CT molecular complexity index is 528. The standard InChI is InChI=1S/C13H15N3OS2/c1-2-12-15-16-13(19-12)14-11(17)8-9-18-10-6-4-3-5-7-10/h3-7H,2,8-9H2,1H3,(H,14,16,17). The number of anilines is 1. The molecule has 0 saturated carbocycles. The van der Waals surface area contributed by atoms with Gasteiger partial charge < -0.3 is 5.32 Å². The minimum Gasteiger partial charge on any atom is -0.301 e. The van der Waals surface area contributed by atoms with Gasteiger partial charge in [0, 0.05) is 17.1 Å². The molecule has 0 unspecified atom stereocenters. The summed E-state index contributed by atoms with van der Waals surface area (Å²) in [7, 11) is 0. The van der Waals surface area contributed by atoms with Crippen molar-refractivity contribution in [1.29, 1.82) is 0 Å². The summed E-state index contributed by atoms with van der Waals surface area (Å²) in [5.74, 6) is 0.747. The Morgan fingerprint density at radius 3 is 2.79 bits per heavy atom. The van der Waals surface area contributed by atoms with Crippen LogP contribution in [0.4, 0.5) is 5.13 Å². The number of nitrogens with zero attached hydrogens (tertiary/aromatic N) is 2. The number of rotatable bonds is 6. The molecule has 1 heterocycles. The van der Waals surface area contributed by atoms with Gasteiger partial charge in [-0.05, 0) is 18.6 Å². The first-order valence-electron chi connectivity index (χ1n) is 6.08. The van der Waals surface area contributed by atoms with Gasteiger partial charge in [0.15, 0.2) is 0 Å². The van der Waals surface area contributed by atoms with Gasteiger partial charge in [-0.15, -0.1) is 22.0 Å². The van der Waals surface area contributed by atoms with E-state index in [9.17, 15) is 4.79 Å². The molecule has 1 amide bonds. The zero-order valence-corrected chi connectivity index (χ0v) is 12.3. The number of thioether (sulfide) groups is 1. The zero-order chi connectivity index (χ0) is 13.5. The second kappa shape index (κ2) is 7.25. The summed E-state index contributed by atoms with van der Waals surface area (Å²) in [6.07, 6.45) is 1.32. The van der Waals surface area contributed by atoms with Crippen LogP contribution < -0.4 is 5.32 Å². The Labute approximate surface area is 120 Å². The summed E-state index contributed by atoms with van der Waals surface area (Å²) in [4.78, 5) is 12.9. The van der Waals surface area contributed by atoms with Crippen molar-refractivity contribution < 1.29 is 4.79 Å². The molecule has 0 fully saturated rings. The molecule has 0 saturated heterocycles. The van der Waals surface area contributed by atoms with E-state index >= 15 is 0 Å². The van der Waals surface area contributed by atoms with E-state index in [0.29, 0.717) is 11.6 Å². The van der Waals surface area contributed by atoms with Gasteiger partial charge in [0.05, 0.1) is 0 Å². The summed E-state index contributed by atoms with van der Waals surface area (Å²) < 4.78 is 0. The molecule has 6 heteroatoms. The maximum atomic E-state index is 11.7. The van der Waals surface area contributed by atoms with Crippen molar-refractivity contribution in [2.24, 2.45) is 0 Å². The largest absolute Gasteiger partial charge is 0.301 e. The average Bonchev–Trinajstić information content (AvgIpc) is 2.87. The van der Waals surface area contributed by atoms with Gasteiger partial charge in [0.2, 0.25) is 11.0 Å². The lowest BCUT2D eigenvalue weighted by Crippen LogP contribution is -2.11. The number of aromatic nitrogens is 2. The number of carbonyl (C=O) groups excluding carboxylic acids is 1. The Morgan fingerprint density at radius 1 is 1.32 bits per heavy atom. The topological polar surface area (TPSA) is 54.9 Å². The molecule has 0 aliphatic heterocycles. The van der Waals surface area contributed by atoms with Crippen LogP contribution in [0.25, 0.3) is 0 Å². The molecular weight excluding hydrogens is 278 g/mol. The average molecular weight is 293 g/mol. The van der Waals surface area contributed by atoms with Crippen LogP contribution in [-0.2, 0) is 11.2 Å². The van der Waals surface area contributed by atoms with Gasteiger partial charge in [-0.3, -0.25) is 4.79 Å². The summed E-state index contributed by atoms with van der Waals surface area (Å²) in [6.45, 7) is 2.02. The van der Waals surface area contributed by atoms with E-state index in [-0.39, 0.29) is 5.91 Å². The zero-order valence-electron chi connectivity index (χ0n) is 10.6. The molecule has 0 radical (unpaired) electrons. The lowest BCUT2D eigenvalue weighted by Gasteiger charge is -2.01. The van der Waals surface area contributed by atoms with E-state index in [1.165, 1.54) is 16.2 Å². The van der Waals surface area contributed by atoms with E-state index in [1.807, 2.05) is 37.3 Å². The van der Waals surface area contributed by atoms with Crippen molar-refractivity contribution >= 4 is 34.1 Å². The van der Waals surface area contributed by atoms with E-state index < -0.39 is 0 Å². The quantitative estimate of drug-likeness (QED) is 0.831. The van der Waals surface area contributed by atoms with Gasteiger partial charge >= 0.3 is 0 Å². The molecule has 2 rings (SSSR count). The van der Waals surface area contributed by atoms with Gasteiger partial charge in [-0.1, -0.05) is 36.5 Å². The summed E-state index contributed by atoms with van der Waals surface area (Å²) in [5.41, 5.74) is 0. The van der Waals surface area contributed by atoms with Crippen LogP contribution in [0.3, 0.4) is 0 Å². The molecule has 0 aliphatic rings. The highest BCUT2D eigenvalue weighted by molar-refractivity contribution is 7.99. The fraction of sp³-hybridized carbons (Fsp3) is 0.308. The number of amides is 1. The predicted molar refractivity (Wildman–Crippen MR) is 79.7 cm³/mol. The molecule has 1 aromatic heterocycles. The molecule has 19 heavy (non-hydrogen) atoms. The third-order valence-electron chi connectivity index (χ3n) is 2.36. The third kappa shape index (κ3) is 4.65. The van der Waals surface area contributed by atoms with Crippen molar-refractivity contribution in [3.05, 3.63) is 35.3 Å². The molecular formula is C13H15N3OS2. The van der Waals surface area contributed by atoms with E-state index in [1.54, 1.807) is 11.8 Å². The number of carbonyl (C=O) groups is 1. The summed E-state index contributed by atoms with van der Waals surface area (Å²) in [6, 6.07) is 10.1. The third-order valence-corrected chi connectivity index (χ3v) is 4.35. The van der Waals surface area contributed by atoms with Gasteiger partial charge in [0.1, 0.15) is 5.01 Å². The number of hydrogen-bond acceptors (Lipinski definition) is 5. The Hall–Kier alpha value is -1.40.